The van der Waals surface area contributed by atoms with E-state index in [1.165, 1.54) is 22.3 Å². The van der Waals surface area contributed by atoms with Crippen molar-refractivity contribution < 1.29 is 0 Å². The summed E-state index contributed by atoms with van der Waals surface area (Å²) in [4.78, 5) is 4.48. The van der Waals surface area contributed by atoms with Crippen molar-refractivity contribution in [2.24, 2.45) is 0 Å². The molecule has 2 rings (SSSR count). The average Bonchev–Trinajstić information content (AvgIpc) is 2.37. The minimum atomic E-state index is 0.870. The van der Waals surface area contributed by atoms with Crippen LogP contribution in [-0.4, -0.2) is 12.0 Å². The smallest absolute Gasteiger partial charge is 0.0963 e. The quantitative estimate of drug-likeness (QED) is 0.840. The Balaban J connectivity index is 1.98. The molecule has 0 spiro atoms. The maximum absolute atomic E-state index is 4.48. The molecule has 0 saturated heterocycles. The number of rotatable bonds is 5. The summed E-state index contributed by atoms with van der Waals surface area (Å²) < 4.78 is 0. The lowest BCUT2D eigenvalue weighted by molar-refractivity contribution is 0.809. The molecule has 0 bridgehead atoms. The first-order chi connectivity index (χ1) is 9.17. The molecule has 1 aromatic carbocycles. The molecule has 100 valence electrons. The van der Waals surface area contributed by atoms with E-state index in [1.807, 2.05) is 13.2 Å². The Bertz CT molecular complexity index is 515. The van der Waals surface area contributed by atoms with Crippen LogP contribution in [0.25, 0.3) is 0 Å². The van der Waals surface area contributed by atoms with Crippen molar-refractivity contribution >= 4 is 11.8 Å². The zero-order valence-corrected chi connectivity index (χ0v) is 12.6. The second kappa shape index (κ2) is 6.73. The molecular formula is C16H20N2S. The fourth-order valence-electron chi connectivity index (χ4n) is 2.11. The summed E-state index contributed by atoms with van der Waals surface area (Å²) in [7, 11) is 1.95. The third-order valence-corrected chi connectivity index (χ3v) is 3.86. The van der Waals surface area contributed by atoms with E-state index in [1.54, 1.807) is 11.8 Å². The first-order valence-electron chi connectivity index (χ1n) is 6.47. The van der Waals surface area contributed by atoms with Gasteiger partial charge in [0, 0.05) is 18.5 Å². The van der Waals surface area contributed by atoms with Crippen LogP contribution < -0.4 is 5.32 Å². The molecule has 0 aliphatic heterocycles. The van der Waals surface area contributed by atoms with E-state index in [4.69, 9.17) is 0 Å². The third-order valence-electron chi connectivity index (χ3n) is 2.85. The van der Waals surface area contributed by atoms with E-state index in [-0.39, 0.29) is 0 Å². The van der Waals surface area contributed by atoms with E-state index in [0.717, 1.165) is 17.3 Å². The molecule has 0 aliphatic carbocycles. The Kier molecular flexibility index (Phi) is 5.00. The van der Waals surface area contributed by atoms with Gasteiger partial charge in [0.05, 0.1) is 5.03 Å². The summed E-state index contributed by atoms with van der Waals surface area (Å²) >= 11 is 1.79. The van der Waals surface area contributed by atoms with Gasteiger partial charge >= 0.3 is 0 Å². The van der Waals surface area contributed by atoms with Crippen LogP contribution in [-0.2, 0) is 12.3 Å². The van der Waals surface area contributed by atoms with E-state index in [0.29, 0.717) is 0 Å². The molecule has 0 aliphatic rings. The van der Waals surface area contributed by atoms with Gasteiger partial charge in [0.15, 0.2) is 0 Å². The molecule has 2 aromatic rings. The second-order valence-corrected chi connectivity index (χ2v) is 5.82. The van der Waals surface area contributed by atoms with Crippen molar-refractivity contribution in [2.75, 3.05) is 7.05 Å². The lowest BCUT2D eigenvalue weighted by atomic mass is 10.1. The number of hydrogen-bond acceptors (Lipinski definition) is 3. The number of nitrogens with one attached hydrogen (secondary N) is 1. The Hall–Kier alpha value is -1.32. The molecule has 0 atom stereocenters. The van der Waals surface area contributed by atoms with Crippen LogP contribution in [0.15, 0.2) is 41.6 Å². The van der Waals surface area contributed by atoms with Gasteiger partial charge in [-0.25, -0.2) is 4.98 Å². The van der Waals surface area contributed by atoms with Crippen LogP contribution in [0.2, 0.25) is 0 Å². The highest BCUT2D eigenvalue weighted by molar-refractivity contribution is 7.98. The third kappa shape index (κ3) is 4.37. The summed E-state index contributed by atoms with van der Waals surface area (Å²) in [6.45, 7) is 5.16. The fraction of sp³-hybridized carbons (Fsp3) is 0.312. The lowest BCUT2D eigenvalue weighted by Crippen LogP contribution is -2.05. The van der Waals surface area contributed by atoms with Gasteiger partial charge in [0.2, 0.25) is 0 Å². The van der Waals surface area contributed by atoms with Gasteiger partial charge in [-0.1, -0.05) is 35.4 Å². The highest BCUT2D eigenvalue weighted by Gasteiger charge is 2.00. The van der Waals surface area contributed by atoms with Crippen LogP contribution >= 0.6 is 11.8 Å². The van der Waals surface area contributed by atoms with E-state index in [2.05, 4.69) is 54.5 Å². The van der Waals surface area contributed by atoms with Gasteiger partial charge in [-0.3, -0.25) is 0 Å². The lowest BCUT2D eigenvalue weighted by Gasteiger charge is -2.05. The highest BCUT2D eigenvalue weighted by atomic mass is 32.2. The van der Waals surface area contributed by atoms with Crippen LogP contribution in [0, 0.1) is 13.8 Å². The molecule has 0 amide bonds. The van der Waals surface area contributed by atoms with Crippen molar-refractivity contribution in [1.82, 2.24) is 10.3 Å². The summed E-state index contributed by atoms with van der Waals surface area (Å²) in [5.41, 5.74) is 5.24. The minimum Gasteiger partial charge on any atom is -0.316 e. The van der Waals surface area contributed by atoms with Crippen molar-refractivity contribution in [3.05, 3.63) is 58.8 Å². The first kappa shape index (κ1) is 14.1. The number of pyridine rings is 1. The molecule has 1 aromatic heterocycles. The van der Waals surface area contributed by atoms with Gasteiger partial charge < -0.3 is 5.32 Å². The van der Waals surface area contributed by atoms with Crippen molar-refractivity contribution in [1.29, 1.82) is 0 Å². The maximum Gasteiger partial charge on any atom is 0.0963 e. The first-order valence-corrected chi connectivity index (χ1v) is 7.45. The largest absolute Gasteiger partial charge is 0.316 e. The van der Waals surface area contributed by atoms with Gasteiger partial charge in [-0.05, 0) is 38.1 Å². The average molecular weight is 272 g/mol. The molecule has 0 fully saturated rings. The Morgan fingerprint density at radius 2 is 1.79 bits per heavy atom. The van der Waals surface area contributed by atoms with Crippen molar-refractivity contribution in [3.8, 4) is 0 Å². The van der Waals surface area contributed by atoms with Crippen LogP contribution in [0.4, 0.5) is 0 Å². The Morgan fingerprint density at radius 3 is 2.37 bits per heavy atom. The van der Waals surface area contributed by atoms with Gasteiger partial charge in [0.1, 0.15) is 0 Å². The molecular weight excluding hydrogens is 252 g/mol. The Labute approximate surface area is 119 Å². The normalized spacial score (nSPS) is 10.7. The number of benzene rings is 1. The molecule has 0 unspecified atom stereocenters. The van der Waals surface area contributed by atoms with Crippen molar-refractivity contribution in [3.63, 3.8) is 0 Å². The molecule has 1 N–H and O–H groups in total. The zero-order valence-electron chi connectivity index (χ0n) is 11.7. The molecule has 0 saturated carbocycles. The zero-order chi connectivity index (χ0) is 13.7. The van der Waals surface area contributed by atoms with E-state index in [9.17, 15) is 0 Å². The molecule has 1 heterocycles. The molecule has 0 radical (unpaired) electrons. The van der Waals surface area contributed by atoms with Crippen LogP contribution in [0.3, 0.4) is 0 Å². The predicted molar refractivity (Wildman–Crippen MR) is 82.5 cm³/mol. The molecule has 2 nitrogen and oxygen atoms in total. The number of nitrogens with zero attached hydrogens (tertiary/aromatic N) is 1. The van der Waals surface area contributed by atoms with Gasteiger partial charge in [-0.15, -0.1) is 11.8 Å². The SMILES string of the molecule is CNCc1ccc(SCc2cc(C)cc(C)c2)nc1. The van der Waals surface area contributed by atoms with Crippen LogP contribution in [0.5, 0.6) is 0 Å². The standard InChI is InChI=1S/C16H20N2S/c1-12-6-13(2)8-15(7-12)11-19-16-5-4-14(9-17-3)10-18-16/h4-8,10,17H,9,11H2,1-3H3. The monoisotopic (exact) mass is 272 g/mol. The maximum atomic E-state index is 4.48. The number of hydrogen-bond donors (Lipinski definition) is 1. The predicted octanol–water partition coefficient (Wildman–Crippen LogP) is 3.71. The number of aryl methyl sites for hydroxylation is 2. The second-order valence-electron chi connectivity index (χ2n) is 4.82. The number of aromatic nitrogens is 1. The summed E-state index contributed by atoms with van der Waals surface area (Å²) in [6, 6.07) is 10.9. The molecule has 3 heteroatoms. The van der Waals surface area contributed by atoms with E-state index >= 15 is 0 Å². The van der Waals surface area contributed by atoms with Crippen LogP contribution in [0.1, 0.15) is 22.3 Å². The topological polar surface area (TPSA) is 24.9 Å². The highest BCUT2D eigenvalue weighted by Crippen LogP contribution is 2.22. The fourth-order valence-corrected chi connectivity index (χ4v) is 2.89. The minimum absolute atomic E-state index is 0.870. The summed E-state index contributed by atoms with van der Waals surface area (Å²) in [5.74, 6) is 0.973. The van der Waals surface area contributed by atoms with Gasteiger partial charge in [-0.2, -0.15) is 0 Å². The number of thioether (sulfide) groups is 1. The summed E-state index contributed by atoms with van der Waals surface area (Å²) in [5, 5.41) is 4.21. The summed E-state index contributed by atoms with van der Waals surface area (Å²) in [6.07, 6.45) is 1.94. The van der Waals surface area contributed by atoms with Crippen molar-refractivity contribution in [2.45, 2.75) is 31.2 Å². The van der Waals surface area contributed by atoms with E-state index < -0.39 is 0 Å². The molecule has 19 heavy (non-hydrogen) atoms. The van der Waals surface area contributed by atoms with Gasteiger partial charge in [0.25, 0.3) is 0 Å². The Morgan fingerprint density at radius 1 is 1.05 bits per heavy atom.